The Morgan fingerprint density at radius 2 is 1.93 bits per heavy atom. The van der Waals surface area contributed by atoms with Crippen molar-refractivity contribution in [3.8, 4) is 0 Å². The van der Waals surface area contributed by atoms with Crippen LogP contribution in [0, 0.1) is 11.6 Å². The van der Waals surface area contributed by atoms with Crippen LogP contribution >= 0.6 is 11.6 Å². The molecule has 3 aromatic rings. The van der Waals surface area contributed by atoms with Crippen molar-refractivity contribution in [2.45, 2.75) is 46.2 Å². The molecule has 0 fully saturated rings. The smallest absolute Gasteiger partial charge is 0.257 e. The maximum atomic E-state index is 14.2. The molecule has 0 unspecified atom stereocenters. The van der Waals surface area contributed by atoms with Crippen molar-refractivity contribution in [1.29, 1.82) is 0 Å². The van der Waals surface area contributed by atoms with Crippen LogP contribution in [0.15, 0.2) is 36.4 Å². The number of halogens is 3. The fraction of sp³-hybridized carbons (Fsp3) is 0.364. The van der Waals surface area contributed by atoms with Gasteiger partial charge in [0.05, 0.1) is 23.1 Å². The third kappa shape index (κ3) is 4.75. The molecule has 1 amide bonds. The average Bonchev–Trinajstić information content (AvgIpc) is 3.03. The number of imidazole rings is 1. The van der Waals surface area contributed by atoms with Crippen LogP contribution in [-0.4, -0.2) is 26.9 Å². The highest BCUT2D eigenvalue weighted by Crippen LogP contribution is 2.23. The summed E-state index contributed by atoms with van der Waals surface area (Å²) in [5, 5.41) is 0.613. The maximum absolute atomic E-state index is 14.2. The second-order valence-electron chi connectivity index (χ2n) is 7.02. The minimum absolute atomic E-state index is 0.209. The Hall–Kier alpha value is -2.47. The molecule has 0 radical (unpaired) electrons. The van der Waals surface area contributed by atoms with E-state index in [4.69, 9.17) is 11.6 Å². The van der Waals surface area contributed by atoms with Crippen LogP contribution in [0.25, 0.3) is 11.0 Å². The first kappa shape index (κ1) is 21.2. The van der Waals surface area contributed by atoms with Crippen molar-refractivity contribution in [3.05, 3.63) is 64.4 Å². The fourth-order valence-corrected chi connectivity index (χ4v) is 3.51. The lowest BCUT2D eigenvalue weighted by Gasteiger charge is -2.23. The summed E-state index contributed by atoms with van der Waals surface area (Å²) in [6, 6.07) is 8.41. The maximum Gasteiger partial charge on any atom is 0.257 e. The summed E-state index contributed by atoms with van der Waals surface area (Å²) in [4.78, 5) is 19.2. The monoisotopic (exact) mass is 419 g/mol. The highest BCUT2D eigenvalue weighted by Gasteiger charge is 2.22. The molecule has 3 rings (SSSR count). The van der Waals surface area contributed by atoms with Gasteiger partial charge in [-0.2, -0.15) is 0 Å². The van der Waals surface area contributed by atoms with Crippen LogP contribution in [0.3, 0.4) is 0 Å². The van der Waals surface area contributed by atoms with Crippen molar-refractivity contribution in [2.75, 3.05) is 6.54 Å². The molecule has 29 heavy (non-hydrogen) atoms. The molecule has 1 aromatic heterocycles. The SMILES string of the molecule is CCCCN(Cc1nc2ccc(Cl)cc2n1CCC)C(=O)c1cc(F)ccc1F. The standard InChI is InChI=1S/C22H24ClF2N3O/c1-3-5-11-27(22(29)17-13-16(24)7-8-18(17)25)14-21-26-19-9-6-15(23)12-20(19)28(21)10-4-2/h6-9,12-13H,3-5,10-11,14H2,1-2H3. The summed E-state index contributed by atoms with van der Waals surface area (Å²) in [5.74, 6) is -1.21. The fourth-order valence-electron chi connectivity index (χ4n) is 3.34. The molecule has 4 nitrogen and oxygen atoms in total. The normalized spacial score (nSPS) is 11.2. The molecule has 0 bridgehead atoms. The Kier molecular flexibility index (Phi) is 6.85. The van der Waals surface area contributed by atoms with Crippen molar-refractivity contribution >= 4 is 28.5 Å². The van der Waals surface area contributed by atoms with Gasteiger partial charge in [0.15, 0.2) is 0 Å². The molecule has 1 heterocycles. The number of amides is 1. The predicted molar refractivity (Wildman–Crippen MR) is 111 cm³/mol. The van der Waals surface area contributed by atoms with Crippen LogP contribution in [-0.2, 0) is 13.1 Å². The number of aromatic nitrogens is 2. The number of carbonyl (C=O) groups is 1. The van der Waals surface area contributed by atoms with Crippen LogP contribution in [0.5, 0.6) is 0 Å². The molecule has 0 spiro atoms. The Balaban J connectivity index is 1.99. The number of unbranched alkanes of at least 4 members (excludes halogenated alkanes) is 1. The van der Waals surface area contributed by atoms with Crippen molar-refractivity contribution < 1.29 is 13.6 Å². The molecular weight excluding hydrogens is 396 g/mol. The Labute approximate surface area is 174 Å². The average molecular weight is 420 g/mol. The number of carbonyl (C=O) groups excluding carboxylic acids is 1. The molecule has 0 saturated carbocycles. The molecule has 0 N–H and O–H groups in total. The number of aryl methyl sites for hydroxylation is 1. The third-order valence-corrected chi connectivity index (χ3v) is 5.03. The lowest BCUT2D eigenvalue weighted by Crippen LogP contribution is -2.33. The molecule has 0 aliphatic rings. The van der Waals surface area contributed by atoms with Crippen LogP contribution in [0.4, 0.5) is 8.78 Å². The Bertz CT molecular complexity index is 1020. The predicted octanol–water partition coefficient (Wildman–Crippen LogP) is 5.82. The van der Waals surface area contributed by atoms with Gasteiger partial charge in [-0.3, -0.25) is 4.79 Å². The van der Waals surface area contributed by atoms with Crippen LogP contribution < -0.4 is 0 Å². The summed E-state index contributed by atoms with van der Waals surface area (Å²) in [6.45, 7) is 5.43. The quantitative estimate of drug-likeness (QED) is 0.461. The number of hydrogen-bond donors (Lipinski definition) is 0. The summed E-state index contributed by atoms with van der Waals surface area (Å²) in [6.07, 6.45) is 2.51. The third-order valence-electron chi connectivity index (χ3n) is 4.80. The van der Waals surface area contributed by atoms with E-state index in [9.17, 15) is 13.6 Å². The first-order valence-corrected chi connectivity index (χ1v) is 10.2. The number of hydrogen-bond acceptors (Lipinski definition) is 2. The van der Waals surface area contributed by atoms with E-state index in [1.54, 1.807) is 6.07 Å². The highest BCUT2D eigenvalue weighted by molar-refractivity contribution is 6.31. The molecule has 2 aromatic carbocycles. The number of benzene rings is 2. The lowest BCUT2D eigenvalue weighted by molar-refractivity contribution is 0.0729. The largest absolute Gasteiger partial charge is 0.331 e. The number of rotatable bonds is 8. The Morgan fingerprint density at radius 1 is 1.14 bits per heavy atom. The van der Waals surface area contributed by atoms with Crippen molar-refractivity contribution in [2.24, 2.45) is 0 Å². The molecule has 7 heteroatoms. The van der Waals surface area contributed by atoms with Crippen LogP contribution in [0.1, 0.15) is 49.3 Å². The minimum Gasteiger partial charge on any atom is -0.331 e. The zero-order valence-corrected chi connectivity index (χ0v) is 17.3. The van der Waals surface area contributed by atoms with Gasteiger partial charge in [-0.1, -0.05) is 31.9 Å². The summed E-state index contributed by atoms with van der Waals surface area (Å²) < 4.78 is 29.9. The van der Waals surface area contributed by atoms with Gasteiger partial charge in [-0.15, -0.1) is 0 Å². The van der Waals surface area contributed by atoms with Crippen molar-refractivity contribution in [3.63, 3.8) is 0 Å². The van der Waals surface area contributed by atoms with E-state index in [1.165, 1.54) is 4.90 Å². The zero-order valence-electron chi connectivity index (χ0n) is 16.6. The summed E-state index contributed by atoms with van der Waals surface area (Å²) >= 11 is 6.15. The Morgan fingerprint density at radius 3 is 2.66 bits per heavy atom. The van der Waals surface area contributed by atoms with E-state index < -0.39 is 17.5 Å². The van der Waals surface area contributed by atoms with E-state index in [-0.39, 0.29) is 12.1 Å². The zero-order chi connectivity index (χ0) is 21.0. The summed E-state index contributed by atoms with van der Waals surface area (Å²) in [7, 11) is 0. The highest BCUT2D eigenvalue weighted by atomic mass is 35.5. The van der Waals surface area contributed by atoms with E-state index in [0.717, 1.165) is 55.0 Å². The molecule has 154 valence electrons. The van der Waals surface area contributed by atoms with Gasteiger partial charge in [-0.25, -0.2) is 13.8 Å². The van der Waals surface area contributed by atoms with Gasteiger partial charge in [0, 0.05) is 18.1 Å². The number of fused-ring (bicyclic) bond motifs is 1. The summed E-state index contributed by atoms with van der Waals surface area (Å²) in [5.41, 5.74) is 1.43. The van der Waals surface area contributed by atoms with Crippen LogP contribution in [0.2, 0.25) is 5.02 Å². The first-order valence-electron chi connectivity index (χ1n) is 9.83. The molecule has 0 atom stereocenters. The molecule has 0 aliphatic heterocycles. The molecule has 0 aliphatic carbocycles. The van der Waals surface area contributed by atoms with E-state index in [2.05, 4.69) is 11.9 Å². The van der Waals surface area contributed by atoms with Gasteiger partial charge in [-0.05, 0) is 49.2 Å². The van der Waals surface area contributed by atoms with Crippen molar-refractivity contribution in [1.82, 2.24) is 14.5 Å². The topological polar surface area (TPSA) is 38.1 Å². The van der Waals surface area contributed by atoms with Gasteiger partial charge in [0.2, 0.25) is 0 Å². The first-order chi connectivity index (χ1) is 13.9. The van der Waals surface area contributed by atoms with Gasteiger partial charge < -0.3 is 9.47 Å². The van der Waals surface area contributed by atoms with Gasteiger partial charge in [0.25, 0.3) is 5.91 Å². The van der Waals surface area contributed by atoms with E-state index >= 15 is 0 Å². The van der Waals surface area contributed by atoms with Gasteiger partial charge in [0.1, 0.15) is 17.5 Å². The minimum atomic E-state index is -0.730. The second kappa shape index (κ2) is 9.35. The van der Waals surface area contributed by atoms with Gasteiger partial charge >= 0.3 is 0 Å². The molecular formula is C22H24ClF2N3O. The van der Waals surface area contributed by atoms with E-state index in [1.807, 2.05) is 23.6 Å². The number of nitrogens with zero attached hydrogens (tertiary/aromatic N) is 3. The lowest BCUT2D eigenvalue weighted by atomic mass is 10.1. The molecule has 0 saturated heterocycles. The van der Waals surface area contributed by atoms with E-state index in [0.29, 0.717) is 17.4 Å². The second-order valence-corrected chi connectivity index (χ2v) is 7.45.